The van der Waals surface area contributed by atoms with E-state index in [4.69, 9.17) is 14.6 Å². The van der Waals surface area contributed by atoms with Crippen LogP contribution in [0.4, 0.5) is 0 Å². The molecule has 1 aromatic carbocycles. The van der Waals surface area contributed by atoms with E-state index >= 15 is 0 Å². The van der Waals surface area contributed by atoms with Crippen LogP contribution in [0.5, 0.6) is 5.75 Å². The molecule has 0 fully saturated rings. The summed E-state index contributed by atoms with van der Waals surface area (Å²) >= 11 is 0. The molecule has 0 heterocycles. The Bertz CT molecular complexity index is 519. The molecule has 5 nitrogen and oxygen atoms in total. The fourth-order valence-electron chi connectivity index (χ4n) is 2.04. The molecular weight excluding hydrogens is 308 g/mol. The van der Waals surface area contributed by atoms with E-state index in [-0.39, 0.29) is 19.2 Å². The van der Waals surface area contributed by atoms with Gasteiger partial charge in [-0.25, -0.2) is 4.79 Å². The molecule has 0 saturated carbocycles. The van der Waals surface area contributed by atoms with Crippen LogP contribution in [0, 0.1) is 0 Å². The van der Waals surface area contributed by atoms with Crippen molar-refractivity contribution in [2.24, 2.45) is 0 Å². The molecule has 1 atom stereocenters. The maximum absolute atomic E-state index is 11.1. The van der Waals surface area contributed by atoms with E-state index in [1.54, 1.807) is 31.2 Å². The molecule has 0 aliphatic rings. The fourth-order valence-corrected chi connectivity index (χ4v) is 2.04. The van der Waals surface area contributed by atoms with Gasteiger partial charge in [-0.3, -0.25) is 0 Å². The summed E-state index contributed by atoms with van der Waals surface area (Å²) < 4.78 is 10.0. The first-order chi connectivity index (χ1) is 11.7. The van der Waals surface area contributed by atoms with Crippen LogP contribution in [0.2, 0.25) is 0 Å². The second-order valence-corrected chi connectivity index (χ2v) is 5.13. The first-order valence-corrected chi connectivity index (χ1v) is 8.19. The van der Waals surface area contributed by atoms with E-state index in [2.05, 4.69) is 0 Å². The van der Waals surface area contributed by atoms with E-state index in [0.717, 1.165) is 18.4 Å². The lowest BCUT2D eigenvalue weighted by Crippen LogP contribution is -2.02. The van der Waals surface area contributed by atoms with Crippen molar-refractivity contribution in [3.8, 4) is 5.75 Å². The van der Waals surface area contributed by atoms with Crippen LogP contribution >= 0.6 is 0 Å². The van der Waals surface area contributed by atoms with Gasteiger partial charge in [0, 0.05) is 6.08 Å². The van der Waals surface area contributed by atoms with Crippen LogP contribution < -0.4 is 4.74 Å². The van der Waals surface area contributed by atoms with Crippen molar-refractivity contribution in [1.29, 1.82) is 0 Å². The summed E-state index contributed by atoms with van der Waals surface area (Å²) in [6.07, 6.45) is 8.60. The number of esters is 1. The van der Waals surface area contributed by atoms with Gasteiger partial charge < -0.3 is 19.7 Å². The van der Waals surface area contributed by atoms with Crippen molar-refractivity contribution in [3.63, 3.8) is 0 Å². The van der Waals surface area contributed by atoms with Gasteiger partial charge in [-0.15, -0.1) is 0 Å². The second-order valence-electron chi connectivity index (χ2n) is 5.13. The molecule has 0 radical (unpaired) electrons. The van der Waals surface area contributed by atoms with Crippen LogP contribution in [0.1, 0.15) is 37.9 Å². The highest BCUT2D eigenvalue weighted by atomic mass is 16.5. The van der Waals surface area contributed by atoms with E-state index in [1.165, 1.54) is 6.08 Å². The van der Waals surface area contributed by atoms with Gasteiger partial charge in [-0.2, -0.15) is 0 Å². The number of aliphatic hydroxyl groups excluding tert-OH is 2. The summed E-state index contributed by atoms with van der Waals surface area (Å²) in [4.78, 5) is 11.1. The average Bonchev–Trinajstić information content (AvgIpc) is 2.59. The topological polar surface area (TPSA) is 76.0 Å². The van der Waals surface area contributed by atoms with E-state index in [1.807, 2.05) is 18.2 Å². The highest BCUT2D eigenvalue weighted by Crippen LogP contribution is 2.22. The Labute approximate surface area is 143 Å². The normalized spacial score (nSPS) is 12.6. The minimum atomic E-state index is -0.514. The fraction of sp³-hybridized carbons (Fsp3) is 0.421. The summed E-state index contributed by atoms with van der Waals surface area (Å²) in [5, 5.41) is 18.8. The molecule has 0 aliphatic heterocycles. The van der Waals surface area contributed by atoms with Crippen molar-refractivity contribution in [3.05, 3.63) is 54.1 Å². The Hall–Kier alpha value is -2.11. The molecule has 5 heteroatoms. The number of unbranched alkanes of at least 4 members (excludes halogenated alkanes) is 1. The second kappa shape index (κ2) is 12.3. The summed E-state index contributed by atoms with van der Waals surface area (Å²) in [6.45, 7) is 2.38. The molecule has 2 N–H and O–H groups in total. The summed E-state index contributed by atoms with van der Waals surface area (Å²) in [7, 11) is 0. The Morgan fingerprint density at radius 3 is 2.67 bits per heavy atom. The van der Waals surface area contributed by atoms with Crippen molar-refractivity contribution in [1.82, 2.24) is 0 Å². The Balaban J connectivity index is 2.26. The molecule has 1 aromatic rings. The lowest BCUT2D eigenvalue weighted by atomic mass is 10.0. The molecule has 0 amide bonds. The molecule has 132 valence electrons. The zero-order valence-electron chi connectivity index (χ0n) is 14.1. The van der Waals surface area contributed by atoms with Gasteiger partial charge in [0.05, 0.1) is 19.3 Å². The van der Waals surface area contributed by atoms with Crippen molar-refractivity contribution < 1.29 is 24.5 Å². The number of benzene rings is 1. The van der Waals surface area contributed by atoms with Crippen LogP contribution in [0.3, 0.4) is 0 Å². The molecule has 0 bridgehead atoms. The first-order valence-electron chi connectivity index (χ1n) is 8.19. The standard InChI is InChI=1S/C19H26O5/c1-2-23-19(22)9-7-5-3-4-6-8-18(21)16-10-12-17(13-11-16)24-15-14-20/h3,5,7,9-13,18,20-21H,2,4,6,8,14-15H2,1H3/b5-3+,9-7+/t18-/m1/s1. The third kappa shape index (κ3) is 8.50. The van der Waals surface area contributed by atoms with E-state index in [0.29, 0.717) is 18.8 Å². The zero-order chi connectivity index (χ0) is 17.6. The van der Waals surface area contributed by atoms with Gasteiger partial charge in [0.25, 0.3) is 0 Å². The van der Waals surface area contributed by atoms with E-state index in [9.17, 15) is 9.90 Å². The molecule has 24 heavy (non-hydrogen) atoms. The maximum atomic E-state index is 11.1. The average molecular weight is 334 g/mol. The third-order valence-corrected chi connectivity index (χ3v) is 3.24. The Morgan fingerprint density at radius 1 is 1.25 bits per heavy atom. The molecule has 1 rings (SSSR count). The highest BCUT2D eigenvalue weighted by Gasteiger charge is 2.06. The lowest BCUT2D eigenvalue weighted by molar-refractivity contribution is -0.137. The number of ether oxygens (including phenoxy) is 2. The Kier molecular flexibility index (Phi) is 10.2. The number of aliphatic hydroxyl groups is 2. The summed E-state index contributed by atoms with van der Waals surface area (Å²) in [5.41, 5.74) is 0.845. The number of rotatable bonds is 11. The molecule has 0 unspecified atom stereocenters. The smallest absolute Gasteiger partial charge is 0.330 e. The van der Waals surface area contributed by atoms with E-state index < -0.39 is 6.10 Å². The number of carbonyl (C=O) groups excluding carboxylic acids is 1. The number of hydrogen-bond donors (Lipinski definition) is 2. The van der Waals surface area contributed by atoms with Crippen LogP contribution in [0.25, 0.3) is 0 Å². The number of hydrogen-bond acceptors (Lipinski definition) is 5. The van der Waals surface area contributed by atoms with Crippen molar-refractivity contribution in [2.75, 3.05) is 19.8 Å². The predicted molar refractivity (Wildman–Crippen MR) is 92.7 cm³/mol. The van der Waals surface area contributed by atoms with Gasteiger partial charge in [-0.05, 0) is 43.9 Å². The third-order valence-electron chi connectivity index (χ3n) is 3.24. The summed E-state index contributed by atoms with van der Waals surface area (Å²) in [5.74, 6) is 0.334. The number of allylic oxidation sites excluding steroid dienone is 3. The van der Waals surface area contributed by atoms with Gasteiger partial charge in [0.1, 0.15) is 12.4 Å². The lowest BCUT2D eigenvalue weighted by Gasteiger charge is -2.11. The van der Waals surface area contributed by atoms with Gasteiger partial charge in [-0.1, -0.05) is 30.4 Å². The molecule has 0 aliphatic carbocycles. The molecular formula is C19H26O5. The van der Waals surface area contributed by atoms with Crippen LogP contribution in [-0.2, 0) is 9.53 Å². The molecule has 0 aromatic heterocycles. The van der Waals surface area contributed by atoms with Gasteiger partial charge in [0.2, 0.25) is 0 Å². The number of carbonyl (C=O) groups is 1. The SMILES string of the molecule is CCOC(=O)/C=C/C=C/CCC[C@@H](O)c1ccc(OCCO)cc1. The molecule has 0 saturated heterocycles. The highest BCUT2D eigenvalue weighted by molar-refractivity contribution is 5.82. The van der Waals surface area contributed by atoms with Crippen molar-refractivity contribution >= 4 is 5.97 Å². The maximum Gasteiger partial charge on any atom is 0.330 e. The largest absolute Gasteiger partial charge is 0.491 e. The zero-order valence-corrected chi connectivity index (χ0v) is 14.1. The Morgan fingerprint density at radius 2 is 2.00 bits per heavy atom. The minimum absolute atomic E-state index is 0.0210. The van der Waals surface area contributed by atoms with Gasteiger partial charge in [0.15, 0.2) is 0 Å². The van der Waals surface area contributed by atoms with Crippen molar-refractivity contribution in [2.45, 2.75) is 32.3 Å². The predicted octanol–water partition coefficient (Wildman–Crippen LogP) is 2.94. The quantitative estimate of drug-likeness (QED) is 0.282. The molecule has 0 spiro atoms. The summed E-state index contributed by atoms with van der Waals surface area (Å²) in [6, 6.07) is 7.23. The van der Waals surface area contributed by atoms with Gasteiger partial charge >= 0.3 is 5.97 Å². The monoisotopic (exact) mass is 334 g/mol. The van der Waals surface area contributed by atoms with Crippen LogP contribution in [0.15, 0.2) is 48.6 Å². The van der Waals surface area contributed by atoms with Crippen LogP contribution in [-0.4, -0.2) is 36.0 Å². The minimum Gasteiger partial charge on any atom is -0.491 e. The first kappa shape index (κ1) is 19.9.